The lowest BCUT2D eigenvalue weighted by atomic mass is 10.1. The number of hydrogen-bond donors (Lipinski definition) is 2. The van der Waals surface area contributed by atoms with E-state index in [0.717, 1.165) is 12.1 Å². The highest BCUT2D eigenvalue weighted by Gasteiger charge is 2.12. The van der Waals surface area contributed by atoms with Gasteiger partial charge in [-0.15, -0.1) is 0 Å². The Bertz CT molecular complexity index is 617. The van der Waals surface area contributed by atoms with Gasteiger partial charge in [0.1, 0.15) is 11.6 Å². The van der Waals surface area contributed by atoms with Crippen molar-refractivity contribution in [3.63, 3.8) is 0 Å². The summed E-state index contributed by atoms with van der Waals surface area (Å²) in [7, 11) is 0. The number of carbonyl (C=O) groups is 1. The van der Waals surface area contributed by atoms with Crippen LogP contribution in [-0.4, -0.2) is 23.7 Å². The molecule has 5 heteroatoms. The molecule has 2 aromatic rings. The van der Waals surface area contributed by atoms with Gasteiger partial charge in [0.05, 0.1) is 6.10 Å². The van der Waals surface area contributed by atoms with Crippen LogP contribution in [0, 0.1) is 11.6 Å². The van der Waals surface area contributed by atoms with E-state index in [1.165, 1.54) is 6.07 Å². The van der Waals surface area contributed by atoms with Crippen LogP contribution in [0.25, 0.3) is 0 Å². The first-order chi connectivity index (χ1) is 10.1. The smallest absolute Gasteiger partial charge is 0.251 e. The maximum atomic E-state index is 13.4. The molecular weight excluding hydrogens is 276 g/mol. The molecule has 0 spiro atoms. The number of halogens is 2. The maximum absolute atomic E-state index is 13.4. The Kier molecular flexibility index (Phi) is 5.00. The molecule has 1 atom stereocenters. The Morgan fingerprint density at radius 2 is 1.86 bits per heavy atom. The second kappa shape index (κ2) is 6.95. The first kappa shape index (κ1) is 15.1. The van der Waals surface area contributed by atoms with E-state index in [-0.39, 0.29) is 24.4 Å². The number of nitrogens with one attached hydrogen (secondary N) is 1. The number of aliphatic hydroxyl groups is 1. The number of aliphatic hydroxyl groups excluding tert-OH is 1. The monoisotopic (exact) mass is 291 g/mol. The van der Waals surface area contributed by atoms with Crippen LogP contribution in [0.1, 0.15) is 15.9 Å². The average Bonchev–Trinajstić information content (AvgIpc) is 2.48. The molecule has 0 fully saturated rings. The fraction of sp³-hybridized carbons (Fsp3) is 0.188. The van der Waals surface area contributed by atoms with E-state index in [4.69, 9.17) is 0 Å². The van der Waals surface area contributed by atoms with Crippen molar-refractivity contribution in [2.24, 2.45) is 0 Å². The summed E-state index contributed by atoms with van der Waals surface area (Å²) in [4.78, 5) is 11.8. The summed E-state index contributed by atoms with van der Waals surface area (Å²) in [5.41, 5.74) is 0.690. The second-order valence-electron chi connectivity index (χ2n) is 4.67. The highest BCUT2D eigenvalue weighted by Crippen LogP contribution is 2.11. The van der Waals surface area contributed by atoms with Crippen LogP contribution in [0.15, 0.2) is 48.5 Å². The molecule has 0 aromatic heterocycles. The number of hydrogen-bond acceptors (Lipinski definition) is 2. The maximum Gasteiger partial charge on any atom is 0.251 e. The molecule has 3 nitrogen and oxygen atoms in total. The van der Waals surface area contributed by atoms with Gasteiger partial charge in [0.15, 0.2) is 0 Å². The molecule has 0 aliphatic heterocycles. The largest absolute Gasteiger partial charge is 0.391 e. The van der Waals surface area contributed by atoms with Crippen LogP contribution < -0.4 is 5.32 Å². The zero-order valence-electron chi connectivity index (χ0n) is 11.2. The molecule has 2 N–H and O–H groups in total. The van der Waals surface area contributed by atoms with Crippen LogP contribution in [0.2, 0.25) is 0 Å². The number of amides is 1. The molecule has 0 radical (unpaired) electrons. The second-order valence-corrected chi connectivity index (χ2v) is 4.67. The molecule has 2 aromatic carbocycles. The van der Waals surface area contributed by atoms with Crippen molar-refractivity contribution in [2.45, 2.75) is 12.5 Å². The standard InChI is InChI=1S/C16H15F2NO2/c17-13-7-6-12(15(18)9-13)8-14(20)10-19-16(21)11-4-2-1-3-5-11/h1-7,9,14,20H,8,10H2,(H,19,21)/t14-/m1/s1. The van der Waals surface area contributed by atoms with E-state index in [2.05, 4.69) is 5.32 Å². The van der Waals surface area contributed by atoms with Gasteiger partial charge in [0, 0.05) is 24.6 Å². The van der Waals surface area contributed by atoms with Crippen LogP contribution in [0.3, 0.4) is 0 Å². The lowest BCUT2D eigenvalue weighted by Crippen LogP contribution is -2.33. The first-order valence-electron chi connectivity index (χ1n) is 6.51. The minimum absolute atomic E-state index is 0.00117. The van der Waals surface area contributed by atoms with Gasteiger partial charge in [-0.2, -0.15) is 0 Å². The van der Waals surface area contributed by atoms with Crippen LogP contribution in [-0.2, 0) is 6.42 Å². The van der Waals surface area contributed by atoms with Crippen molar-refractivity contribution in [2.75, 3.05) is 6.54 Å². The van der Waals surface area contributed by atoms with E-state index in [1.807, 2.05) is 0 Å². The number of rotatable bonds is 5. The number of carbonyl (C=O) groups excluding carboxylic acids is 1. The van der Waals surface area contributed by atoms with Gasteiger partial charge >= 0.3 is 0 Å². The Balaban J connectivity index is 1.87. The third-order valence-corrected chi connectivity index (χ3v) is 3.00. The van der Waals surface area contributed by atoms with Crippen molar-refractivity contribution >= 4 is 5.91 Å². The van der Waals surface area contributed by atoms with E-state index < -0.39 is 17.7 Å². The van der Waals surface area contributed by atoms with Gasteiger partial charge in [0.25, 0.3) is 5.91 Å². The summed E-state index contributed by atoms with van der Waals surface area (Å²) >= 11 is 0. The lowest BCUT2D eigenvalue weighted by molar-refractivity contribution is 0.0915. The van der Waals surface area contributed by atoms with Gasteiger partial charge in [-0.25, -0.2) is 8.78 Å². The summed E-state index contributed by atoms with van der Waals surface area (Å²) in [5.74, 6) is -1.68. The quantitative estimate of drug-likeness (QED) is 0.888. The van der Waals surface area contributed by atoms with Gasteiger partial charge in [-0.1, -0.05) is 24.3 Å². The first-order valence-corrected chi connectivity index (χ1v) is 6.51. The zero-order valence-corrected chi connectivity index (χ0v) is 11.2. The topological polar surface area (TPSA) is 49.3 Å². The molecule has 2 rings (SSSR count). The molecule has 0 saturated heterocycles. The van der Waals surface area contributed by atoms with Gasteiger partial charge in [0.2, 0.25) is 0 Å². The summed E-state index contributed by atoms with van der Waals surface area (Å²) in [5, 5.41) is 12.4. The molecule has 0 bridgehead atoms. The Morgan fingerprint density at radius 3 is 2.52 bits per heavy atom. The minimum Gasteiger partial charge on any atom is -0.391 e. The summed E-state index contributed by atoms with van der Waals surface area (Å²) in [6, 6.07) is 11.8. The van der Waals surface area contributed by atoms with Gasteiger partial charge in [-0.3, -0.25) is 4.79 Å². The Morgan fingerprint density at radius 1 is 1.14 bits per heavy atom. The molecule has 110 valence electrons. The van der Waals surface area contributed by atoms with Crippen molar-refractivity contribution in [1.29, 1.82) is 0 Å². The van der Waals surface area contributed by atoms with E-state index >= 15 is 0 Å². The minimum atomic E-state index is -0.947. The van der Waals surface area contributed by atoms with Crippen molar-refractivity contribution in [3.05, 3.63) is 71.3 Å². The molecule has 0 aliphatic rings. The summed E-state index contributed by atoms with van der Waals surface area (Å²) in [6.45, 7) is -0.00938. The van der Waals surface area contributed by atoms with Crippen LogP contribution in [0.5, 0.6) is 0 Å². The predicted molar refractivity (Wildman–Crippen MR) is 74.8 cm³/mol. The predicted octanol–water partition coefficient (Wildman–Crippen LogP) is 2.30. The van der Waals surface area contributed by atoms with Gasteiger partial charge < -0.3 is 10.4 Å². The summed E-state index contributed by atoms with van der Waals surface area (Å²) < 4.78 is 26.2. The van der Waals surface area contributed by atoms with Crippen LogP contribution >= 0.6 is 0 Å². The highest BCUT2D eigenvalue weighted by molar-refractivity contribution is 5.94. The van der Waals surface area contributed by atoms with E-state index in [9.17, 15) is 18.7 Å². The molecule has 0 aliphatic carbocycles. The molecule has 0 unspecified atom stereocenters. The van der Waals surface area contributed by atoms with Crippen molar-refractivity contribution in [1.82, 2.24) is 5.32 Å². The molecule has 0 heterocycles. The average molecular weight is 291 g/mol. The fourth-order valence-corrected chi connectivity index (χ4v) is 1.92. The third-order valence-electron chi connectivity index (χ3n) is 3.00. The Hall–Kier alpha value is -2.27. The van der Waals surface area contributed by atoms with E-state index in [0.29, 0.717) is 5.56 Å². The number of benzene rings is 2. The fourth-order valence-electron chi connectivity index (χ4n) is 1.92. The van der Waals surface area contributed by atoms with Crippen molar-refractivity contribution < 1.29 is 18.7 Å². The molecule has 21 heavy (non-hydrogen) atoms. The highest BCUT2D eigenvalue weighted by atomic mass is 19.1. The Labute approximate surface area is 121 Å². The van der Waals surface area contributed by atoms with E-state index in [1.54, 1.807) is 30.3 Å². The zero-order chi connectivity index (χ0) is 15.2. The molecule has 0 saturated carbocycles. The third kappa shape index (κ3) is 4.36. The normalized spacial score (nSPS) is 12.0. The van der Waals surface area contributed by atoms with Gasteiger partial charge in [-0.05, 0) is 23.8 Å². The molecule has 1 amide bonds. The molecular formula is C16H15F2NO2. The summed E-state index contributed by atoms with van der Waals surface area (Å²) in [6.07, 6.45) is -0.945. The van der Waals surface area contributed by atoms with Crippen molar-refractivity contribution in [3.8, 4) is 0 Å². The van der Waals surface area contributed by atoms with Crippen LogP contribution in [0.4, 0.5) is 8.78 Å². The lowest BCUT2D eigenvalue weighted by Gasteiger charge is -2.12. The SMILES string of the molecule is O=C(NC[C@H](O)Cc1ccc(F)cc1F)c1ccccc1.